The van der Waals surface area contributed by atoms with Gasteiger partial charge < -0.3 is 10.1 Å². The largest absolute Gasteiger partial charge is 0.492 e. The first-order valence-electron chi connectivity index (χ1n) is 6.01. The minimum Gasteiger partial charge on any atom is -0.492 e. The molecule has 102 valence electrons. The average Bonchev–Trinajstić information content (AvgIpc) is 2.46. The van der Waals surface area contributed by atoms with Gasteiger partial charge in [-0.25, -0.2) is 0 Å². The van der Waals surface area contributed by atoms with Crippen molar-refractivity contribution in [3.05, 3.63) is 57.0 Å². The molecule has 0 unspecified atom stereocenters. The highest BCUT2D eigenvalue weighted by molar-refractivity contribution is 9.10. The topological polar surface area (TPSA) is 45.0 Å². The van der Waals surface area contributed by atoms with E-state index in [9.17, 15) is 0 Å². The lowest BCUT2D eigenvalue weighted by Gasteiger charge is -2.10. The minimum atomic E-state index is 0.564. The van der Waals surface area contributed by atoms with E-state index < -0.39 is 0 Å². The Bertz CT molecular complexity index is 621. The van der Waals surface area contributed by atoms with Crippen molar-refractivity contribution in [2.24, 2.45) is 0 Å². The number of hydrogen-bond donors (Lipinski definition) is 1. The maximum absolute atomic E-state index is 8.80. The van der Waals surface area contributed by atoms with Crippen LogP contribution in [0.15, 0.2) is 51.4 Å². The standard InChI is InChI=1S/C15H12Br2N2O/c16-12-2-4-13(5-3-12)20-8-7-19-15-6-1-11(10-18)9-14(15)17/h1-6,9,19H,7-8H2. The highest BCUT2D eigenvalue weighted by Crippen LogP contribution is 2.23. The Morgan fingerprint density at radius 3 is 2.50 bits per heavy atom. The van der Waals surface area contributed by atoms with Crippen LogP contribution >= 0.6 is 31.9 Å². The predicted molar refractivity (Wildman–Crippen MR) is 87.0 cm³/mol. The van der Waals surface area contributed by atoms with Gasteiger partial charge in [-0.3, -0.25) is 0 Å². The molecule has 0 aromatic heterocycles. The smallest absolute Gasteiger partial charge is 0.119 e. The van der Waals surface area contributed by atoms with Crippen molar-refractivity contribution >= 4 is 37.5 Å². The number of rotatable bonds is 5. The van der Waals surface area contributed by atoms with Crippen LogP contribution in [0.5, 0.6) is 5.75 Å². The number of hydrogen-bond acceptors (Lipinski definition) is 3. The Morgan fingerprint density at radius 1 is 1.10 bits per heavy atom. The van der Waals surface area contributed by atoms with E-state index in [0.29, 0.717) is 18.7 Å². The van der Waals surface area contributed by atoms with Gasteiger partial charge in [0.25, 0.3) is 0 Å². The lowest BCUT2D eigenvalue weighted by Crippen LogP contribution is -2.11. The van der Waals surface area contributed by atoms with Gasteiger partial charge in [0.05, 0.1) is 11.6 Å². The van der Waals surface area contributed by atoms with Gasteiger partial charge in [0, 0.05) is 21.2 Å². The van der Waals surface area contributed by atoms with Crippen molar-refractivity contribution in [2.45, 2.75) is 0 Å². The zero-order chi connectivity index (χ0) is 14.4. The number of ether oxygens (including phenoxy) is 1. The second-order valence-corrected chi connectivity index (χ2v) is 5.81. The van der Waals surface area contributed by atoms with Gasteiger partial charge in [-0.1, -0.05) is 15.9 Å². The van der Waals surface area contributed by atoms with Crippen LogP contribution in [0.25, 0.3) is 0 Å². The van der Waals surface area contributed by atoms with E-state index >= 15 is 0 Å². The van der Waals surface area contributed by atoms with Crippen LogP contribution in [0.3, 0.4) is 0 Å². The maximum Gasteiger partial charge on any atom is 0.119 e. The van der Waals surface area contributed by atoms with Gasteiger partial charge in [-0.05, 0) is 58.4 Å². The number of halogens is 2. The summed E-state index contributed by atoms with van der Waals surface area (Å²) in [6.45, 7) is 1.24. The molecule has 0 aliphatic heterocycles. The van der Waals surface area contributed by atoms with E-state index in [2.05, 4.69) is 43.2 Å². The van der Waals surface area contributed by atoms with Crippen molar-refractivity contribution in [3.8, 4) is 11.8 Å². The molecule has 2 aromatic carbocycles. The molecular formula is C15H12Br2N2O. The second-order valence-electron chi connectivity index (χ2n) is 4.04. The van der Waals surface area contributed by atoms with Crippen LogP contribution < -0.4 is 10.1 Å². The molecule has 0 bridgehead atoms. The third kappa shape index (κ3) is 4.26. The van der Waals surface area contributed by atoms with E-state index in [1.165, 1.54) is 0 Å². The Morgan fingerprint density at radius 2 is 1.85 bits per heavy atom. The molecule has 3 nitrogen and oxygen atoms in total. The molecule has 0 amide bonds. The van der Waals surface area contributed by atoms with Crippen LogP contribution in [0, 0.1) is 11.3 Å². The number of nitrogens with zero attached hydrogens (tertiary/aromatic N) is 1. The lowest BCUT2D eigenvalue weighted by molar-refractivity contribution is 0.333. The average molecular weight is 396 g/mol. The molecule has 0 aliphatic rings. The Labute approximate surface area is 134 Å². The summed E-state index contributed by atoms with van der Waals surface area (Å²) in [6.07, 6.45) is 0. The molecular weight excluding hydrogens is 384 g/mol. The van der Waals surface area contributed by atoms with Gasteiger partial charge in [0.15, 0.2) is 0 Å². The zero-order valence-electron chi connectivity index (χ0n) is 10.6. The van der Waals surface area contributed by atoms with Crippen molar-refractivity contribution in [1.82, 2.24) is 0 Å². The first-order valence-corrected chi connectivity index (χ1v) is 7.59. The van der Waals surface area contributed by atoms with E-state index in [1.54, 1.807) is 12.1 Å². The fourth-order valence-electron chi connectivity index (χ4n) is 1.61. The molecule has 2 aromatic rings. The van der Waals surface area contributed by atoms with Crippen LogP contribution in [0.4, 0.5) is 5.69 Å². The van der Waals surface area contributed by atoms with E-state index in [-0.39, 0.29) is 0 Å². The fraction of sp³-hybridized carbons (Fsp3) is 0.133. The van der Waals surface area contributed by atoms with Crippen LogP contribution in [-0.4, -0.2) is 13.2 Å². The summed E-state index contributed by atoms with van der Waals surface area (Å²) in [5.74, 6) is 0.842. The Hall–Kier alpha value is -1.51. The van der Waals surface area contributed by atoms with Crippen molar-refractivity contribution in [2.75, 3.05) is 18.5 Å². The molecule has 1 N–H and O–H groups in total. The van der Waals surface area contributed by atoms with Gasteiger partial charge >= 0.3 is 0 Å². The molecule has 0 saturated heterocycles. The third-order valence-corrected chi connectivity index (χ3v) is 3.78. The summed E-state index contributed by atoms with van der Waals surface area (Å²) in [7, 11) is 0. The fourth-order valence-corrected chi connectivity index (χ4v) is 2.40. The highest BCUT2D eigenvalue weighted by atomic mass is 79.9. The van der Waals surface area contributed by atoms with Crippen LogP contribution in [-0.2, 0) is 0 Å². The zero-order valence-corrected chi connectivity index (χ0v) is 13.7. The number of benzene rings is 2. The molecule has 0 radical (unpaired) electrons. The first kappa shape index (κ1) is 14.9. The summed E-state index contributed by atoms with van der Waals surface area (Å²) < 4.78 is 7.52. The Kier molecular flexibility index (Phi) is 5.45. The molecule has 0 aliphatic carbocycles. The van der Waals surface area contributed by atoms with Gasteiger partial charge in [0.2, 0.25) is 0 Å². The van der Waals surface area contributed by atoms with Crippen molar-refractivity contribution in [3.63, 3.8) is 0 Å². The molecule has 0 fully saturated rings. The summed E-state index contributed by atoms with van der Waals surface area (Å²) in [4.78, 5) is 0. The molecule has 0 atom stereocenters. The van der Waals surface area contributed by atoms with Gasteiger partial charge in [-0.2, -0.15) is 5.26 Å². The summed E-state index contributed by atoms with van der Waals surface area (Å²) in [6, 6.07) is 15.3. The SMILES string of the molecule is N#Cc1ccc(NCCOc2ccc(Br)cc2)c(Br)c1. The molecule has 5 heteroatoms. The van der Waals surface area contributed by atoms with Crippen molar-refractivity contribution < 1.29 is 4.74 Å². The monoisotopic (exact) mass is 394 g/mol. The number of anilines is 1. The summed E-state index contributed by atoms with van der Waals surface area (Å²) >= 11 is 6.81. The molecule has 20 heavy (non-hydrogen) atoms. The quantitative estimate of drug-likeness (QED) is 0.754. The van der Waals surface area contributed by atoms with Crippen LogP contribution in [0.2, 0.25) is 0 Å². The Balaban J connectivity index is 1.81. The van der Waals surface area contributed by atoms with Gasteiger partial charge in [-0.15, -0.1) is 0 Å². The minimum absolute atomic E-state index is 0.564. The van der Waals surface area contributed by atoms with E-state index in [1.807, 2.05) is 30.3 Å². The lowest BCUT2D eigenvalue weighted by atomic mass is 10.2. The number of nitriles is 1. The third-order valence-electron chi connectivity index (χ3n) is 2.60. The first-order chi connectivity index (χ1) is 9.69. The number of nitrogens with one attached hydrogen (secondary N) is 1. The normalized spacial score (nSPS) is 9.85. The van der Waals surface area contributed by atoms with Gasteiger partial charge in [0.1, 0.15) is 12.4 Å². The van der Waals surface area contributed by atoms with Crippen molar-refractivity contribution in [1.29, 1.82) is 5.26 Å². The molecule has 2 rings (SSSR count). The molecule has 0 spiro atoms. The van der Waals surface area contributed by atoms with E-state index in [0.717, 1.165) is 20.4 Å². The maximum atomic E-state index is 8.80. The summed E-state index contributed by atoms with van der Waals surface area (Å²) in [5.41, 5.74) is 1.58. The second kappa shape index (κ2) is 7.32. The summed E-state index contributed by atoms with van der Waals surface area (Å²) in [5, 5.41) is 12.1. The predicted octanol–water partition coefficient (Wildman–Crippen LogP) is 4.57. The highest BCUT2D eigenvalue weighted by Gasteiger charge is 2.01. The van der Waals surface area contributed by atoms with E-state index in [4.69, 9.17) is 10.00 Å². The molecule has 0 heterocycles. The molecule has 0 saturated carbocycles. The van der Waals surface area contributed by atoms with Crippen LogP contribution in [0.1, 0.15) is 5.56 Å².